The molecule has 1 N–H and O–H groups in total. The molecule has 1 unspecified atom stereocenters. The molecule has 0 radical (unpaired) electrons. The van der Waals surface area contributed by atoms with E-state index in [1.807, 2.05) is 0 Å². The second-order valence-corrected chi connectivity index (χ2v) is 6.77. The molecule has 110 valence electrons. The Hall–Kier alpha value is -0.860. The molecule has 0 spiro atoms. The molecule has 20 heavy (non-hydrogen) atoms. The van der Waals surface area contributed by atoms with Gasteiger partial charge in [-0.15, -0.1) is 0 Å². The summed E-state index contributed by atoms with van der Waals surface area (Å²) < 4.78 is 0. The lowest BCUT2D eigenvalue weighted by atomic mass is 9.85. The molecule has 2 aliphatic rings. The van der Waals surface area contributed by atoms with E-state index in [-0.39, 0.29) is 0 Å². The normalized spacial score (nSPS) is 24.6. The van der Waals surface area contributed by atoms with Crippen LogP contribution in [0.4, 0.5) is 0 Å². The molecule has 1 saturated heterocycles. The predicted molar refractivity (Wildman–Crippen MR) is 84.8 cm³/mol. The van der Waals surface area contributed by atoms with E-state index in [1.54, 1.807) is 0 Å². The van der Waals surface area contributed by atoms with Crippen LogP contribution in [0.1, 0.15) is 43.2 Å². The van der Waals surface area contributed by atoms with Crippen molar-refractivity contribution in [2.45, 2.75) is 51.6 Å². The van der Waals surface area contributed by atoms with Crippen molar-refractivity contribution < 1.29 is 0 Å². The maximum atomic E-state index is 3.81. The van der Waals surface area contributed by atoms with Crippen molar-refractivity contribution in [1.82, 2.24) is 10.2 Å². The van der Waals surface area contributed by atoms with Crippen LogP contribution in [-0.2, 0) is 6.54 Å². The van der Waals surface area contributed by atoms with E-state index >= 15 is 0 Å². The van der Waals surface area contributed by atoms with Crippen LogP contribution in [0.15, 0.2) is 24.3 Å². The molecule has 2 nitrogen and oxygen atoms in total. The van der Waals surface area contributed by atoms with Crippen LogP contribution >= 0.6 is 0 Å². The van der Waals surface area contributed by atoms with Crippen molar-refractivity contribution in [1.29, 1.82) is 0 Å². The number of nitrogens with zero attached hydrogens (tertiary/aromatic N) is 1. The molecular weight excluding hydrogens is 244 g/mol. The number of hydrogen-bond acceptors (Lipinski definition) is 2. The molecule has 0 bridgehead atoms. The summed E-state index contributed by atoms with van der Waals surface area (Å²) in [6.45, 7) is 7.03. The molecule has 1 heterocycles. The summed E-state index contributed by atoms with van der Waals surface area (Å²) in [5, 5.41) is 3.81. The maximum absolute atomic E-state index is 3.81. The minimum Gasteiger partial charge on any atom is -0.312 e. The lowest BCUT2D eigenvalue weighted by Crippen LogP contribution is -2.47. The topological polar surface area (TPSA) is 15.3 Å². The Morgan fingerprint density at radius 2 is 2.10 bits per heavy atom. The van der Waals surface area contributed by atoms with Gasteiger partial charge in [-0.2, -0.15) is 0 Å². The zero-order chi connectivity index (χ0) is 13.8. The lowest BCUT2D eigenvalue weighted by Gasteiger charge is -2.35. The summed E-state index contributed by atoms with van der Waals surface area (Å²) in [4.78, 5) is 2.62. The molecular formula is C18H28N2. The highest BCUT2D eigenvalue weighted by molar-refractivity contribution is 5.22. The Labute approximate surface area is 123 Å². The number of likely N-dealkylation sites (tertiary alicyclic amines) is 1. The Morgan fingerprint density at radius 1 is 1.20 bits per heavy atom. The van der Waals surface area contributed by atoms with Crippen molar-refractivity contribution in [3.05, 3.63) is 35.4 Å². The van der Waals surface area contributed by atoms with E-state index in [9.17, 15) is 0 Å². The van der Waals surface area contributed by atoms with Gasteiger partial charge < -0.3 is 5.32 Å². The monoisotopic (exact) mass is 272 g/mol. The largest absolute Gasteiger partial charge is 0.312 e. The summed E-state index contributed by atoms with van der Waals surface area (Å²) in [6, 6.07) is 9.67. The van der Waals surface area contributed by atoms with Crippen LogP contribution in [0.25, 0.3) is 0 Å². The van der Waals surface area contributed by atoms with Crippen LogP contribution in [0.2, 0.25) is 0 Å². The third-order valence-electron chi connectivity index (χ3n) is 4.91. The van der Waals surface area contributed by atoms with Gasteiger partial charge in [0.2, 0.25) is 0 Å². The van der Waals surface area contributed by atoms with Crippen molar-refractivity contribution >= 4 is 0 Å². The summed E-state index contributed by atoms with van der Waals surface area (Å²) in [5.74, 6) is 0.974. The fraction of sp³-hybridized carbons (Fsp3) is 0.667. The van der Waals surface area contributed by atoms with Crippen molar-refractivity contribution in [3.8, 4) is 0 Å². The number of nitrogens with one attached hydrogen (secondary N) is 1. The summed E-state index contributed by atoms with van der Waals surface area (Å²) in [6.07, 6.45) is 7.06. The molecule has 3 rings (SSSR count). The molecule has 1 atom stereocenters. The fourth-order valence-electron chi connectivity index (χ4n) is 3.46. The molecule has 0 aromatic heterocycles. The molecule has 1 aromatic carbocycles. The standard InChI is InChI=1S/C18H28N2/c1-15-5-2-8-17(11-15)13-20-10-4-9-18(14-20)19-12-16-6-3-7-16/h2,5,8,11,16,18-19H,3-4,6-7,9-10,12-14H2,1H3. The average molecular weight is 272 g/mol. The Balaban J connectivity index is 1.47. The highest BCUT2D eigenvalue weighted by Gasteiger charge is 2.22. The highest BCUT2D eigenvalue weighted by atomic mass is 15.2. The van der Waals surface area contributed by atoms with Crippen molar-refractivity contribution in [3.63, 3.8) is 0 Å². The number of benzene rings is 1. The summed E-state index contributed by atoms with van der Waals surface area (Å²) in [7, 11) is 0. The maximum Gasteiger partial charge on any atom is 0.0234 e. The second-order valence-electron chi connectivity index (χ2n) is 6.77. The molecule has 0 amide bonds. The number of aryl methyl sites for hydroxylation is 1. The quantitative estimate of drug-likeness (QED) is 0.884. The summed E-state index contributed by atoms with van der Waals surface area (Å²) >= 11 is 0. The Bertz CT molecular complexity index is 425. The van der Waals surface area contributed by atoms with E-state index < -0.39 is 0 Å². The zero-order valence-electron chi connectivity index (χ0n) is 12.8. The Kier molecular flexibility index (Phi) is 4.74. The van der Waals surface area contributed by atoms with E-state index in [0.29, 0.717) is 6.04 Å². The van der Waals surface area contributed by atoms with Gasteiger partial charge in [0.05, 0.1) is 0 Å². The Morgan fingerprint density at radius 3 is 2.85 bits per heavy atom. The van der Waals surface area contributed by atoms with Gasteiger partial charge in [-0.1, -0.05) is 36.2 Å². The van der Waals surface area contributed by atoms with Gasteiger partial charge in [0.15, 0.2) is 0 Å². The van der Waals surface area contributed by atoms with Gasteiger partial charge in [-0.3, -0.25) is 4.90 Å². The first kappa shape index (κ1) is 14.1. The van der Waals surface area contributed by atoms with Crippen LogP contribution in [0, 0.1) is 12.8 Å². The predicted octanol–water partition coefficient (Wildman–Crippen LogP) is 3.35. The first-order valence-corrected chi connectivity index (χ1v) is 8.31. The smallest absolute Gasteiger partial charge is 0.0234 e. The van der Waals surface area contributed by atoms with Crippen LogP contribution < -0.4 is 5.32 Å². The van der Waals surface area contributed by atoms with E-state index in [0.717, 1.165) is 12.5 Å². The van der Waals surface area contributed by atoms with Crippen molar-refractivity contribution in [2.24, 2.45) is 5.92 Å². The molecule has 2 heteroatoms. The van der Waals surface area contributed by atoms with Crippen LogP contribution in [0.5, 0.6) is 0 Å². The zero-order valence-corrected chi connectivity index (χ0v) is 12.8. The van der Waals surface area contributed by atoms with Gasteiger partial charge in [0, 0.05) is 19.1 Å². The lowest BCUT2D eigenvalue weighted by molar-refractivity contribution is 0.173. The molecule has 1 saturated carbocycles. The number of rotatable bonds is 5. The summed E-state index contributed by atoms with van der Waals surface area (Å²) in [5.41, 5.74) is 2.84. The van der Waals surface area contributed by atoms with E-state index in [2.05, 4.69) is 41.4 Å². The number of hydrogen-bond donors (Lipinski definition) is 1. The third-order valence-corrected chi connectivity index (χ3v) is 4.91. The van der Waals surface area contributed by atoms with E-state index in [4.69, 9.17) is 0 Å². The van der Waals surface area contributed by atoms with Gasteiger partial charge in [0.1, 0.15) is 0 Å². The molecule has 1 aliphatic heterocycles. The van der Waals surface area contributed by atoms with Crippen molar-refractivity contribution in [2.75, 3.05) is 19.6 Å². The average Bonchev–Trinajstić information content (AvgIpc) is 2.37. The molecule has 2 fully saturated rings. The van der Waals surface area contributed by atoms with Gasteiger partial charge in [0.25, 0.3) is 0 Å². The number of piperidine rings is 1. The molecule has 1 aliphatic carbocycles. The van der Waals surface area contributed by atoms with E-state index in [1.165, 1.54) is 62.9 Å². The van der Waals surface area contributed by atoms with Crippen LogP contribution in [-0.4, -0.2) is 30.6 Å². The highest BCUT2D eigenvalue weighted by Crippen LogP contribution is 2.25. The molecule has 1 aromatic rings. The fourth-order valence-corrected chi connectivity index (χ4v) is 3.46. The first-order valence-electron chi connectivity index (χ1n) is 8.31. The van der Waals surface area contributed by atoms with Gasteiger partial charge >= 0.3 is 0 Å². The van der Waals surface area contributed by atoms with Crippen LogP contribution in [0.3, 0.4) is 0 Å². The first-order chi connectivity index (χ1) is 9.79. The second kappa shape index (κ2) is 6.73. The van der Waals surface area contributed by atoms with Gasteiger partial charge in [-0.05, 0) is 57.2 Å². The minimum atomic E-state index is 0.717. The minimum absolute atomic E-state index is 0.717. The third kappa shape index (κ3) is 3.83. The SMILES string of the molecule is Cc1cccc(CN2CCCC(NCC3CCC3)C2)c1. The van der Waals surface area contributed by atoms with Gasteiger partial charge in [-0.25, -0.2) is 0 Å².